The number of hydrogen-bond donors (Lipinski definition) is 0. The maximum Gasteiger partial charge on any atom is 0.255 e. The van der Waals surface area contributed by atoms with Crippen molar-refractivity contribution in [1.82, 2.24) is 4.90 Å². The topological polar surface area (TPSA) is 20.3 Å². The molecule has 1 aliphatic heterocycles. The highest BCUT2D eigenvalue weighted by Crippen LogP contribution is 2.48. The van der Waals surface area contributed by atoms with Gasteiger partial charge in [-0.25, -0.2) is 0 Å². The van der Waals surface area contributed by atoms with E-state index in [1.54, 1.807) is 11.3 Å². The van der Waals surface area contributed by atoms with Gasteiger partial charge in [0.25, 0.3) is 5.91 Å². The first-order valence-corrected chi connectivity index (χ1v) is 9.69. The summed E-state index contributed by atoms with van der Waals surface area (Å²) in [6.45, 7) is 0.875. The van der Waals surface area contributed by atoms with E-state index in [-0.39, 0.29) is 5.91 Å². The molecule has 4 rings (SSSR count). The summed E-state index contributed by atoms with van der Waals surface area (Å²) in [4.78, 5) is 16.4. The zero-order valence-corrected chi connectivity index (χ0v) is 14.6. The lowest BCUT2D eigenvalue weighted by Crippen LogP contribution is -2.40. The zero-order chi connectivity index (χ0) is 13.7. The maximum absolute atomic E-state index is 12.8. The summed E-state index contributed by atoms with van der Waals surface area (Å²) in [6, 6.07) is 4.58. The number of thiophene rings is 2. The van der Waals surface area contributed by atoms with Gasteiger partial charge in [0.1, 0.15) is 0 Å². The van der Waals surface area contributed by atoms with Crippen LogP contribution in [0.4, 0.5) is 0 Å². The highest BCUT2D eigenvalue weighted by molar-refractivity contribution is 14.1. The van der Waals surface area contributed by atoms with Crippen LogP contribution in [0.3, 0.4) is 0 Å². The number of fused-ring (bicyclic) bond motifs is 1. The van der Waals surface area contributed by atoms with Gasteiger partial charge in [0.2, 0.25) is 0 Å². The molecule has 1 atom stereocenters. The fourth-order valence-electron chi connectivity index (χ4n) is 3.08. The van der Waals surface area contributed by atoms with Crippen LogP contribution in [-0.4, -0.2) is 17.4 Å². The minimum atomic E-state index is 0.220. The molecule has 1 saturated carbocycles. The third kappa shape index (κ3) is 2.23. The molecule has 2 aromatic heterocycles. The summed E-state index contributed by atoms with van der Waals surface area (Å²) in [5.74, 6) is 0.906. The molecule has 0 aromatic carbocycles. The van der Waals surface area contributed by atoms with E-state index in [0.29, 0.717) is 12.0 Å². The largest absolute Gasteiger partial charge is 0.331 e. The Kier molecular flexibility index (Phi) is 3.39. The van der Waals surface area contributed by atoms with Gasteiger partial charge in [-0.1, -0.05) is 0 Å². The Hall–Kier alpha value is -0.400. The average molecular weight is 415 g/mol. The molecule has 5 heteroatoms. The van der Waals surface area contributed by atoms with Crippen molar-refractivity contribution in [3.63, 3.8) is 0 Å². The van der Waals surface area contributed by atoms with Gasteiger partial charge >= 0.3 is 0 Å². The molecule has 1 aliphatic carbocycles. The lowest BCUT2D eigenvalue weighted by atomic mass is 9.95. The third-order valence-electron chi connectivity index (χ3n) is 4.16. The van der Waals surface area contributed by atoms with Crippen molar-refractivity contribution in [2.24, 2.45) is 5.92 Å². The van der Waals surface area contributed by atoms with Crippen LogP contribution < -0.4 is 0 Å². The van der Waals surface area contributed by atoms with Crippen LogP contribution >= 0.6 is 45.3 Å². The lowest BCUT2D eigenvalue weighted by molar-refractivity contribution is 0.0637. The van der Waals surface area contributed by atoms with Gasteiger partial charge in [-0.2, -0.15) is 0 Å². The van der Waals surface area contributed by atoms with Gasteiger partial charge in [-0.05, 0) is 70.8 Å². The first-order chi connectivity index (χ1) is 9.74. The fraction of sp³-hybridized carbons (Fsp3) is 0.400. The van der Waals surface area contributed by atoms with Crippen LogP contribution in [0.2, 0.25) is 0 Å². The second-order valence-electron chi connectivity index (χ2n) is 5.47. The highest BCUT2D eigenvalue weighted by atomic mass is 127. The van der Waals surface area contributed by atoms with Gasteiger partial charge in [0.05, 0.1) is 14.5 Å². The molecule has 104 valence electrons. The number of rotatable bonds is 2. The Balaban J connectivity index is 1.69. The molecule has 0 spiro atoms. The SMILES string of the molecule is O=C(c1csc(I)c1)N1CCc2sccc2C1C1CC1. The molecule has 0 bridgehead atoms. The van der Waals surface area contributed by atoms with Crippen molar-refractivity contribution < 1.29 is 4.79 Å². The zero-order valence-electron chi connectivity index (χ0n) is 10.8. The smallest absolute Gasteiger partial charge is 0.255 e. The molecule has 3 heterocycles. The van der Waals surface area contributed by atoms with E-state index in [2.05, 4.69) is 38.9 Å². The first-order valence-electron chi connectivity index (χ1n) is 6.85. The standard InChI is InChI=1S/C15H14INOS2/c16-13-7-10(8-20-13)15(18)17-5-3-12-11(4-6-19-12)14(17)9-1-2-9/h4,6-9,14H,1-3,5H2. The summed E-state index contributed by atoms with van der Waals surface area (Å²) in [6.07, 6.45) is 3.55. The van der Waals surface area contributed by atoms with Crippen LogP contribution in [0.5, 0.6) is 0 Å². The minimum Gasteiger partial charge on any atom is -0.331 e. The predicted octanol–water partition coefficient (Wildman–Crippen LogP) is 4.56. The number of amides is 1. The van der Waals surface area contributed by atoms with Crippen molar-refractivity contribution >= 4 is 51.2 Å². The van der Waals surface area contributed by atoms with Crippen molar-refractivity contribution in [3.8, 4) is 0 Å². The molecule has 1 fully saturated rings. The number of halogens is 1. The van der Waals surface area contributed by atoms with Gasteiger partial charge in [0, 0.05) is 16.8 Å². The summed E-state index contributed by atoms with van der Waals surface area (Å²) in [5.41, 5.74) is 2.28. The predicted molar refractivity (Wildman–Crippen MR) is 91.6 cm³/mol. The molecule has 0 N–H and O–H groups in total. The number of carbonyl (C=O) groups excluding carboxylic acids is 1. The normalized spacial score (nSPS) is 21.9. The summed E-state index contributed by atoms with van der Waals surface area (Å²) < 4.78 is 1.18. The Morgan fingerprint density at radius 2 is 2.20 bits per heavy atom. The Bertz CT molecular complexity index is 658. The van der Waals surface area contributed by atoms with Gasteiger partial charge in [-0.3, -0.25) is 4.79 Å². The van der Waals surface area contributed by atoms with E-state index in [9.17, 15) is 4.79 Å². The van der Waals surface area contributed by atoms with Crippen molar-refractivity contribution in [2.45, 2.75) is 25.3 Å². The molecule has 2 aromatic rings. The molecule has 20 heavy (non-hydrogen) atoms. The van der Waals surface area contributed by atoms with Gasteiger partial charge < -0.3 is 4.90 Å². The monoisotopic (exact) mass is 415 g/mol. The third-order valence-corrected chi connectivity index (χ3v) is 6.94. The second kappa shape index (κ2) is 5.10. The summed E-state index contributed by atoms with van der Waals surface area (Å²) >= 11 is 5.79. The highest BCUT2D eigenvalue weighted by Gasteiger charge is 2.42. The summed E-state index contributed by atoms with van der Waals surface area (Å²) in [7, 11) is 0. The van der Waals surface area contributed by atoms with Crippen LogP contribution in [0.1, 0.15) is 39.7 Å². The lowest BCUT2D eigenvalue weighted by Gasteiger charge is -2.36. The Labute approximate surface area is 139 Å². The molecular formula is C15H14INOS2. The van der Waals surface area contributed by atoms with E-state index in [0.717, 1.165) is 18.5 Å². The first kappa shape index (κ1) is 13.3. The van der Waals surface area contributed by atoms with Crippen molar-refractivity contribution in [2.75, 3.05) is 6.54 Å². The van der Waals surface area contributed by atoms with Crippen LogP contribution in [0.25, 0.3) is 0 Å². The van der Waals surface area contributed by atoms with Crippen LogP contribution in [-0.2, 0) is 6.42 Å². The molecule has 0 saturated heterocycles. The fourth-order valence-corrected chi connectivity index (χ4v) is 5.32. The van der Waals surface area contributed by atoms with Gasteiger partial charge in [-0.15, -0.1) is 22.7 Å². The number of carbonyl (C=O) groups is 1. The summed E-state index contributed by atoms with van der Waals surface area (Å²) in [5, 5.41) is 4.18. The van der Waals surface area contributed by atoms with E-state index < -0.39 is 0 Å². The minimum absolute atomic E-state index is 0.220. The maximum atomic E-state index is 12.8. The number of hydrogen-bond acceptors (Lipinski definition) is 3. The molecular weight excluding hydrogens is 401 g/mol. The quantitative estimate of drug-likeness (QED) is 0.659. The van der Waals surface area contributed by atoms with Crippen molar-refractivity contribution in [3.05, 3.63) is 41.8 Å². The Morgan fingerprint density at radius 1 is 1.35 bits per heavy atom. The van der Waals surface area contributed by atoms with E-state index in [4.69, 9.17) is 0 Å². The van der Waals surface area contributed by atoms with Crippen molar-refractivity contribution in [1.29, 1.82) is 0 Å². The molecule has 1 amide bonds. The van der Waals surface area contributed by atoms with Crippen LogP contribution in [0.15, 0.2) is 22.9 Å². The van der Waals surface area contributed by atoms with E-state index >= 15 is 0 Å². The van der Waals surface area contributed by atoms with Gasteiger partial charge in [0.15, 0.2) is 0 Å². The molecule has 2 aliphatic rings. The van der Waals surface area contributed by atoms with E-state index in [1.165, 1.54) is 26.2 Å². The molecule has 2 nitrogen and oxygen atoms in total. The molecule has 1 unspecified atom stereocenters. The average Bonchev–Trinajstić information content (AvgIpc) is 3.00. The Morgan fingerprint density at radius 3 is 2.90 bits per heavy atom. The van der Waals surface area contributed by atoms with E-state index in [1.807, 2.05) is 22.8 Å². The number of nitrogens with zero attached hydrogens (tertiary/aromatic N) is 1. The van der Waals surface area contributed by atoms with Crippen LogP contribution in [0, 0.1) is 8.80 Å². The molecule has 0 radical (unpaired) electrons. The second-order valence-corrected chi connectivity index (χ2v) is 9.28.